The summed E-state index contributed by atoms with van der Waals surface area (Å²) < 4.78 is 27.3. The van der Waals surface area contributed by atoms with Crippen LogP contribution in [0.1, 0.15) is 37.3 Å². The van der Waals surface area contributed by atoms with Gasteiger partial charge in [-0.25, -0.2) is 17.7 Å². The van der Waals surface area contributed by atoms with Crippen molar-refractivity contribution in [3.8, 4) is 11.3 Å². The van der Waals surface area contributed by atoms with E-state index in [1.807, 2.05) is 12.5 Å². The Bertz CT molecular complexity index is 918. The van der Waals surface area contributed by atoms with E-state index in [2.05, 4.69) is 33.8 Å². The van der Waals surface area contributed by atoms with Crippen molar-refractivity contribution in [3.63, 3.8) is 0 Å². The molecule has 6 heteroatoms. The third-order valence-electron chi connectivity index (χ3n) is 6.55. The van der Waals surface area contributed by atoms with Gasteiger partial charge < -0.3 is 4.57 Å². The summed E-state index contributed by atoms with van der Waals surface area (Å²) in [5.74, 6) is 0.606. The monoisotopic (exact) mass is 357 g/mol. The summed E-state index contributed by atoms with van der Waals surface area (Å²) in [6.45, 7) is 1.44. The van der Waals surface area contributed by atoms with Crippen molar-refractivity contribution in [2.75, 3.05) is 19.3 Å². The Kier molecular flexibility index (Phi) is 3.23. The molecule has 25 heavy (non-hydrogen) atoms. The lowest BCUT2D eigenvalue weighted by Gasteiger charge is -2.52. The minimum absolute atomic E-state index is 0.232. The number of hydrogen-bond donors (Lipinski definition) is 0. The molecule has 2 fully saturated rings. The van der Waals surface area contributed by atoms with Gasteiger partial charge in [-0.15, -0.1) is 0 Å². The average molecular weight is 357 g/mol. The van der Waals surface area contributed by atoms with Gasteiger partial charge in [0, 0.05) is 18.7 Å². The quantitative estimate of drug-likeness (QED) is 0.830. The average Bonchev–Trinajstić information content (AvgIpc) is 3.12. The molecule has 3 aliphatic rings. The minimum atomic E-state index is -3.02. The molecule has 1 aliphatic carbocycles. The van der Waals surface area contributed by atoms with Gasteiger partial charge in [-0.2, -0.15) is 0 Å². The molecule has 132 valence electrons. The van der Waals surface area contributed by atoms with Crippen LogP contribution < -0.4 is 0 Å². The smallest absolute Gasteiger partial charge is 0.211 e. The lowest BCUT2D eigenvalue weighted by atomic mass is 9.65. The van der Waals surface area contributed by atoms with Gasteiger partial charge in [-0.05, 0) is 42.6 Å². The normalized spacial score (nSPS) is 25.6. The SMILES string of the molecule is CS(=O)(=O)N1CC2(CCC(C3c4ccccc4-c4cncn43)CC2)C1. The van der Waals surface area contributed by atoms with E-state index >= 15 is 0 Å². The molecule has 3 heterocycles. The fourth-order valence-corrected chi connectivity index (χ4v) is 6.19. The van der Waals surface area contributed by atoms with Crippen molar-refractivity contribution in [3.05, 3.63) is 42.4 Å². The molecule has 0 bridgehead atoms. The van der Waals surface area contributed by atoms with E-state index in [0.717, 1.165) is 38.8 Å². The Hall–Kier alpha value is -1.66. The van der Waals surface area contributed by atoms with Gasteiger partial charge in [-0.1, -0.05) is 24.3 Å². The van der Waals surface area contributed by atoms with Crippen molar-refractivity contribution in [2.24, 2.45) is 11.3 Å². The molecule has 2 aromatic rings. The van der Waals surface area contributed by atoms with Crippen LogP contribution in [0.3, 0.4) is 0 Å². The van der Waals surface area contributed by atoms with Gasteiger partial charge >= 0.3 is 0 Å². The van der Waals surface area contributed by atoms with Gasteiger partial charge in [0.25, 0.3) is 0 Å². The van der Waals surface area contributed by atoms with Gasteiger partial charge in [0.1, 0.15) is 0 Å². The first-order chi connectivity index (χ1) is 12.0. The maximum atomic E-state index is 11.7. The largest absolute Gasteiger partial charge is 0.323 e. The molecule has 1 saturated carbocycles. The molecule has 2 aliphatic heterocycles. The summed E-state index contributed by atoms with van der Waals surface area (Å²) in [7, 11) is -3.02. The highest BCUT2D eigenvalue weighted by Crippen LogP contribution is 2.52. The molecule has 0 radical (unpaired) electrons. The molecule has 1 saturated heterocycles. The first kappa shape index (κ1) is 15.6. The van der Waals surface area contributed by atoms with Gasteiger partial charge in [-0.3, -0.25) is 0 Å². The molecule has 1 aromatic heterocycles. The molecule has 1 atom stereocenters. The number of sulfonamides is 1. The topological polar surface area (TPSA) is 55.2 Å². The van der Waals surface area contributed by atoms with E-state index in [4.69, 9.17) is 0 Å². The zero-order valence-corrected chi connectivity index (χ0v) is 15.2. The number of nitrogens with zero attached hydrogens (tertiary/aromatic N) is 3. The van der Waals surface area contributed by atoms with Gasteiger partial charge in [0.15, 0.2) is 0 Å². The number of aromatic nitrogens is 2. The maximum absolute atomic E-state index is 11.7. The highest BCUT2D eigenvalue weighted by molar-refractivity contribution is 7.88. The summed E-state index contributed by atoms with van der Waals surface area (Å²) >= 11 is 0. The molecular formula is C19H23N3O2S. The van der Waals surface area contributed by atoms with Crippen LogP contribution in [0, 0.1) is 11.3 Å². The van der Waals surface area contributed by atoms with Crippen LogP contribution in [0.5, 0.6) is 0 Å². The number of benzene rings is 1. The summed E-state index contributed by atoms with van der Waals surface area (Å²) in [6.07, 6.45) is 9.85. The highest BCUT2D eigenvalue weighted by Gasteiger charge is 2.49. The van der Waals surface area contributed by atoms with E-state index in [1.54, 1.807) is 4.31 Å². The Balaban J connectivity index is 1.36. The van der Waals surface area contributed by atoms with E-state index < -0.39 is 10.0 Å². The Morgan fingerprint density at radius 1 is 1.16 bits per heavy atom. The zero-order valence-electron chi connectivity index (χ0n) is 14.4. The van der Waals surface area contributed by atoms with E-state index in [1.165, 1.54) is 23.1 Å². The van der Waals surface area contributed by atoms with E-state index in [9.17, 15) is 8.42 Å². The lowest BCUT2D eigenvalue weighted by molar-refractivity contribution is 0.0102. The summed E-state index contributed by atoms with van der Waals surface area (Å²) in [5.41, 5.74) is 4.20. The van der Waals surface area contributed by atoms with Crippen LogP contribution in [0.4, 0.5) is 0 Å². The second kappa shape index (κ2) is 5.17. The Morgan fingerprint density at radius 2 is 1.88 bits per heavy atom. The van der Waals surface area contributed by atoms with E-state index in [-0.39, 0.29) is 5.41 Å². The predicted octanol–water partition coefficient (Wildman–Crippen LogP) is 2.90. The second-order valence-corrected chi connectivity index (χ2v) is 10.1. The predicted molar refractivity (Wildman–Crippen MR) is 96.6 cm³/mol. The highest BCUT2D eigenvalue weighted by atomic mass is 32.2. The van der Waals surface area contributed by atoms with Crippen LogP contribution in [0.15, 0.2) is 36.8 Å². The third kappa shape index (κ3) is 2.30. The van der Waals surface area contributed by atoms with Gasteiger partial charge in [0.05, 0.1) is 30.5 Å². The molecule has 5 nitrogen and oxygen atoms in total. The molecular weight excluding hydrogens is 334 g/mol. The van der Waals surface area contributed by atoms with Crippen LogP contribution in [-0.4, -0.2) is 41.6 Å². The third-order valence-corrected chi connectivity index (χ3v) is 7.75. The van der Waals surface area contributed by atoms with Crippen molar-refractivity contribution in [1.82, 2.24) is 13.9 Å². The fraction of sp³-hybridized carbons (Fsp3) is 0.526. The molecule has 0 amide bonds. The molecule has 1 spiro atoms. The van der Waals surface area contributed by atoms with Crippen molar-refractivity contribution >= 4 is 10.0 Å². The Labute approximate surface area is 148 Å². The maximum Gasteiger partial charge on any atom is 0.211 e. The molecule has 1 unspecified atom stereocenters. The number of imidazole rings is 1. The van der Waals surface area contributed by atoms with E-state index in [0.29, 0.717) is 12.0 Å². The molecule has 5 rings (SSSR count). The zero-order chi connectivity index (χ0) is 17.2. The van der Waals surface area contributed by atoms with Crippen molar-refractivity contribution in [2.45, 2.75) is 31.7 Å². The lowest BCUT2D eigenvalue weighted by Crippen LogP contribution is -2.59. The first-order valence-corrected chi connectivity index (χ1v) is 10.9. The van der Waals surface area contributed by atoms with Crippen LogP contribution >= 0.6 is 0 Å². The number of fused-ring (bicyclic) bond motifs is 3. The van der Waals surface area contributed by atoms with Gasteiger partial charge in [0.2, 0.25) is 10.0 Å². The van der Waals surface area contributed by atoms with Crippen LogP contribution in [0.25, 0.3) is 11.3 Å². The fourth-order valence-electron chi connectivity index (χ4n) is 5.17. The van der Waals surface area contributed by atoms with Crippen molar-refractivity contribution in [1.29, 1.82) is 0 Å². The Morgan fingerprint density at radius 3 is 2.60 bits per heavy atom. The summed E-state index contributed by atoms with van der Waals surface area (Å²) in [4.78, 5) is 4.37. The second-order valence-electron chi connectivity index (χ2n) is 8.09. The minimum Gasteiger partial charge on any atom is -0.323 e. The first-order valence-electron chi connectivity index (χ1n) is 9.03. The van der Waals surface area contributed by atoms with Crippen molar-refractivity contribution < 1.29 is 8.42 Å². The summed E-state index contributed by atoms with van der Waals surface area (Å²) in [5, 5.41) is 0. The molecule has 0 N–H and O–H groups in total. The standard InChI is InChI=1S/C19H23N3O2S/c1-25(23,24)21-11-19(12-21)8-6-14(7-9-19)18-16-5-3-2-4-15(16)17-10-20-13-22(17)18/h2-5,10,13-14,18H,6-9,11-12H2,1H3. The van der Waals surface area contributed by atoms with Crippen LogP contribution in [0.2, 0.25) is 0 Å². The number of rotatable bonds is 2. The molecule has 1 aromatic carbocycles. The number of hydrogen-bond acceptors (Lipinski definition) is 3. The van der Waals surface area contributed by atoms with Crippen LogP contribution in [-0.2, 0) is 10.0 Å². The summed E-state index contributed by atoms with van der Waals surface area (Å²) in [6, 6.07) is 9.07.